The summed E-state index contributed by atoms with van der Waals surface area (Å²) in [5, 5.41) is 5.96. The fraction of sp³-hybridized carbons (Fsp3) is 0.765. The van der Waals surface area contributed by atoms with Gasteiger partial charge in [-0.15, -0.1) is 11.3 Å². The van der Waals surface area contributed by atoms with Crippen molar-refractivity contribution in [2.24, 2.45) is 11.3 Å². The summed E-state index contributed by atoms with van der Waals surface area (Å²) in [4.78, 5) is 4.15. The van der Waals surface area contributed by atoms with Crippen LogP contribution in [0.2, 0.25) is 0 Å². The van der Waals surface area contributed by atoms with Crippen molar-refractivity contribution in [3.63, 3.8) is 0 Å². The standard InChI is InChI=1S/C17H29BrN2S/c1-12(2)8-13-10-20(11-15-14(18)6-7-21-15)16(9-19-13)17(3,4)5/h6-7,12-13,16,19H,8-11H2,1-5H3. The Kier molecular flexibility index (Phi) is 5.91. The Morgan fingerprint density at radius 2 is 2.14 bits per heavy atom. The van der Waals surface area contributed by atoms with Crippen LogP contribution in [-0.4, -0.2) is 30.1 Å². The molecule has 1 aromatic rings. The van der Waals surface area contributed by atoms with E-state index in [0.717, 1.165) is 25.6 Å². The predicted octanol–water partition coefficient (Wildman–Crippen LogP) is 4.75. The van der Waals surface area contributed by atoms with Crippen LogP contribution in [0.15, 0.2) is 15.9 Å². The van der Waals surface area contributed by atoms with Crippen molar-refractivity contribution in [3.8, 4) is 0 Å². The molecule has 4 heteroatoms. The number of nitrogens with zero attached hydrogens (tertiary/aromatic N) is 1. The zero-order chi connectivity index (χ0) is 15.6. The summed E-state index contributed by atoms with van der Waals surface area (Å²) >= 11 is 5.55. The fourth-order valence-corrected chi connectivity index (χ4v) is 4.76. The Bertz CT molecular complexity index is 450. The third-order valence-corrected chi connectivity index (χ3v) is 6.20. The van der Waals surface area contributed by atoms with Crippen LogP contribution in [0.3, 0.4) is 0 Å². The van der Waals surface area contributed by atoms with Gasteiger partial charge in [-0.2, -0.15) is 0 Å². The minimum Gasteiger partial charge on any atom is -0.311 e. The minimum absolute atomic E-state index is 0.305. The van der Waals surface area contributed by atoms with Crippen molar-refractivity contribution < 1.29 is 0 Å². The van der Waals surface area contributed by atoms with Crippen LogP contribution in [0.25, 0.3) is 0 Å². The highest BCUT2D eigenvalue weighted by Crippen LogP contribution is 2.31. The number of piperazine rings is 1. The SMILES string of the molecule is CC(C)CC1CN(Cc2sccc2Br)C(C(C)(C)C)CN1. The Balaban J connectivity index is 2.11. The molecule has 2 rings (SSSR count). The maximum atomic E-state index is 3.78. The van der Waals surface area contributed by atoms with Crippen LogP contribution in [-0.2, 0) is 6.54 Å². The first-order valence-corrected chi connectivity index (χ1v) is 9.64. The molecule has 0 saturated carbocycles. The smallest absolute Gasteiger partial charge is 0.0343 e. The number of nitrogens with one attached hydrogen (secondary N) is 1. The number of thiophene rings is 1. The lowest BCUT2D eigenvalue weighted by Gasteiger charge is -2.46. The number of rotatable bonds is 4. The molecule has 1 saturated heterocycles. The summed E-state index contributed by atoms with van der Waals surface area (Å²) in [5.41, 5.74) is 0.305. The normalized spacial score (nSPS) is 24.7. The molecule has 0 amide bonds. The van der Waals surface area contributed by atoms with E-state index in [1.165, 1.54) is 15.8 Å². The summed E-state index contributed by atoms with van der Waals surface area (Å²) in [6.07, 6.45) is 1.26. The van der Waals surface area contributed by atoms with E-state index in [-0.39, 0.29) is 0 Å². The summed E-state index contributed by atoms with van der Waals surface area (Å²) in [5.74, 6) is 0.754. The minimum atomic E-state index is 0.305. The Morgan fingerprint density at radius 1 is 1.43 bits per heavy atom. The molecule has 0 radical (unpaired) electrons. The predicted molar refractivity (Wildman–Crippen MR) is 96.9 cm³/mol. The molecule has 1 fully saturated rings. The second-order valence-electron chi connectivity index (χ2n) is 7.74. The molecule has 1 aliphatic rings. The van der Waals surface area contributed by atoms with Gasteiger partial charge in [-0.05, 0) is 45.1 Å². The lowest BCUT2D eigenvalue weighted by molar-refractivity contribution is 0.0458. The molecular weight excluding hydrogens is 344 g/mol. The molecule has 2 nitrogen and oxygen atoms in total. The van der Waals surface area contributed by atoms with E-state index in [4.69, 9.17) is 0 Å². The van der Waals surface area contributed by atoms with Crippen LogP contribution >= 0.6 is 27.3 Å². The van der Waals surface area contributed by atoms with Gasteiger partial charge in [-0.25, -0.2) is 0 Å². The topological polar surface area (TPSA) is 15.3 Å². The first kappa shape index (κ1) is 17.5. The van der Waals surface area contributed by atoms with Gasteiger partial charge in [0.1, 0.15) is 0 Å². The molecule has 0 bridgehead atoms. The van der Waals surface area contributed by atoms with Gasteiger partial charge in [0.05, 0.1) is 0 Å². The summed E-state index contributed by atoms with van der Waals surface area (Å²) < 4.78 is 1.26. The van der Waals surface area contributed by atoms with E-state index in [0.29, 0.717) is 17.5 Å². The molecular formula is C17H29BrN2S. The highest BCUT2D eigenvalue weighted by molar-refractivity contribution is 9.10. The summed E-state index contributed by atoms with van der Waals surface area (Å²) in [6.45, 7) is 15.0. The maximum absolute atomic E-state index is 3.78. The molecule has 2 unspecified atom stereocenters. The van der Waals surface area contributed by atoms with Gasteiger partial charge in [-0.1, -0.05) is 34.6 Å². The molecule has 0 spiro atoms. The zero-order valence-corrected chi connectivity index (χ0v) is 16.4. The zero-order valence-electron chi connectivity index (χ0n) is 13.9. The number of halogens is 1. The van der Waals surface area contributed by atoms with Crippen molar-refractivity contribution in [3.05, 3.63) is 20.8 Å². The largest absolute Gasteiger partial charge is 0.311 e. The van der Waals surface area contributed by atoms with Crippen LogP contribution in [0.5, 0.6) is 0 Å². The molecule has 2 atom stereocenters. The lowest BCUT2D eigenvalue weighted by Crippen LogP contribution is -2.60. The monoisotopic (exact) mass is 372 g/mol. The summed E-state index contributed by atoms with van der Waals surface area (Å²) in [7, 11) is 0. The Labute approximate surface area is 142 Å². The number of hydrogen-bond donors (Lipinski definition) is 1. The molecule has 1 aromatic heterocycles. The van der Waals surface area contributed by atoms with E-state index in [1.807, 2.05) is 11.3 Å². The molecule has 1 aliphatic heterocycles. The van der Waals surface area contributed by atoms with Crippen molar-refractivity contribution in [1.29, 1.82) is 0 Å². The number of hydrogen-bond acceptors (Lipinski definition) is 3. The van der Waals surface area contributed by atoms with E-state index in [1.54, 1.807) is 0 Å². The first-order chi connectivity index (χ1) is 9.77. The van der Waals surface area contributed by atoms with Crippen LogP contribution in [0.1, 0.15) is 45.9 Å². The van der Waals surface area contributed by atoms with Crippen LogP contribution < -0.4 is 5.32 Å². The molecule has 1 N–H and O–H groups in total. The molecule has 2 heterocycles. The fourth-order valence-electron chi connectivity index (χ4n) is 3.26. The third-order valence-electron chi connectivity index (χ3n) is 4.29. The summed E-state index contributed by atoms with van der Waals surface area (Å²) in [6, 6.07) is 3.39. The van der Waals surface area contributed by atoms with E-state index >= 15 is 0 Å². The van der Waals surface area contributed by atoms with Crippen molar-refractivity contribution in [1.82, 2.24) is 10.2 Å². The van der Waals surface area contributed by atoms with E-state index in [2.05, 4.69) is 72.2 Å². The second kappa shape index (κ2) is 7.12. The first-order valence-electron chi connectivity index (χ1n) is 7.96. The maximum Gasteiger partial charge on any atom is 0.0343 e. The molecule has 0 aromatic carbocycles. The van der Waals surface area contributed by atoms with Crippen LogP contribution in [0, 0.1) is 11.3 Å². The van der Waals surface area contributed by atoms with Crippen LogP contribution in [0.4, 0.5) is 0 Å². The molecule has 21 heavy (non-hydrogen) atoms. The lowest BCUT2D eigenvalue weighted by atomic mass is 9.83. The van der Waals surface area contributed by atoms with Gasteiger partial charge in [0.25, 0.3) is 0 Å². The van der Waals surface area contributed by atoms with Crippen molar-refractivity contribution in [2.75, 3.05) is 13.1 Å². The highest BCUT2D eigenvalue weighted by Gasteiger charge is 2.35. The average molecular weight is 373 g/mol. The second-order valence-corrected chi connectivity index (χ2v) is 9.59. The third kappa shape index (κ3) is 4.78. The molecule has 120 valence electrons. The van der Waals surface area contributed by atoms with E-state index in [9.17, 15) is 0 Å². The highest BCUT2D eigenvalue weighted by atomic mass is 79.9. The van der Waals surface area contributed by atoms with Gasteiger partial charge < -0.3 is 5.32 Å². The van der Waals surface area contributed by atoms with Crippen molar-refractivity contribution in [2.45, 2.75) is 59.7 Å². The average Bonchev–Trinajstić information content (AvgIpc) is 2.73. The molecule has 0 aliphatic carbocycles. The van der Waals surface area contributed by atoms with Gasteiger partial charge in [0.15, 0.2) is 0 Å². The van der Waals surface area contributed by atoms with Gasteiger partial charge in [0, 0.05) is 41.1 Å². The van der Waals surface area contributed by atoms with Gasteiger partial charge in [-0.3, -0.25) is 4.90 Å². The Morgan fingerprint density at radius 3 is 2.67 bits per heavy atom. The van der Waals surface area contributed by atoms with Crippen molar-refractivity contribution >= 4 is 27.3 Å². The Hall–Kier alpha value is 0.1000. The van der Waals surface area contributed by atoms with Gasteiger partial charge >= 0.3 is 0 Å². The van der Waals surface area contributed by atoms with Gasteiger partial charge in [0.2, 0.25) is 0 Å². The quantitative estimate of drug-likeness (QED) is 0.820. The van der Waals surface area contributed by atoms with E-state index < -0.39 is 0 Å².